The van der Waals surface area contributed by atoms with Crippen LogP contribution in [0.4, 0.5) is 0 Å². The predicted molar refractivity (Wildman–Crippen MR) is 88.8 cm³/mol. The summed E-state index contributed by atoms with van der Waals surface area (Å²) in [5.74, 6) is 1.18. The number of unbranched alkanes of at least 4 members (excludes halogenated alkanes) is 1. The Morgan fingerprint density at radius 1 is 1.18 bits per heavy atom. The van der Waals surface area contributed by atoms with E-state index in [4.69, 9.17) is 14.0 Å². The molecule has 0 atom stereocenters. The second-order valence-electron chi connectivity index (χ2n) is 4.61. The van der Waals surface area contributed by atoms with Gasteiger partial charge < -0.3 is 14.8 Å². The lowest BCUT2D eigenvalue weighted by molar-refractivity contribution is 0.117. The molecule has 0 aliphatic rings. The summed E-state index contributed by atoms with van der Waals surface area (Å²) in [7, 11) is -1.73. The van der Waals surface area contributed by atoms with Crippen LogP contribution >= 0.6 is 10.8 Å². The van der Waals surface area contributed by atoms with Gasteiger partial charge in [-0.25, -0.2) is 0 Å². The van der Waals surface area contributed by atoms with Gasteiger partial charge >= 0.3 is 9.15 Å². The Balaban J connectivity index is 1.93. The number of hydrogen-bond acceptors (Lipinski definition) is 6. The van der Waals surface area contributed by atoms with Crippen molar-refractivity contribution in [1.82, 2.24) is 5.32 Å². The fourth-order valence-corrected chi connectivity index (χ4v) is 3.03. The lowest BCUT2D eigenvalue weighted by Gasteiger charge is -2.06. The van der Waals surface area contributed by atoms with Crippen LogP contribution in [-0.2, 0) is 20.5 Å². The lowest BCUT2D eigenvalue weighted by atomic mass is 10.2. The molecule has 6 nitrogen and oxygen atoms in total. The minimum Gasteiger partial charge on any atom is -0.497 e. The topological polar surface area (TPSA) is 84.9 Å². The zero-order chi connectivity index (χ0) is 16.3. The summed E-state index contributed by atoms with van der Waals surface area (Å²) in [6, 6.07) is 7.78. The fraction of sp³-hybridized carbons (Fsp3) is 0.571. The molecule has 0 spiro atoms. The van der Waals surface area contributed by atoms with Crippen LogP contribution in [0.15, 0.2) is 24.3 Å². The molecule has 0 radical (unpaired) electrons. The maximum absolute atomic E-state index is 10.5. The zero-order valence-electron chi connectivity index (χ0n) is 12.7. The normalized spacial score (nSPS) is 11.5. The van der Waals surface area contributed by atoms with Gasteiger partial charge in [0.15, 0.2) is 0 Å². The molecule has 0 aromatic heterocycles. The monoisotopic (exact) mass is 349 g/mol. The standard InChI is InChI=1S/C14H23NO5S2/c1-19-14-6-4-13(5-7-14)12-20-10-3-2-8-15-9-11-21-22(16,17)18/h4-7,15H,2-3,8-12H2,1H3,(H,16,17,18). The summed E-state index contributed by atoms with van der Waals surface area (Å²) >= 11 is 0. The minimum absolute atomic E-state index is 0.340. The molecule has 0 aliphatic carbocycles. The van der Waals surface area contributed by atoms with Gasteiger partial charge in [-0.05, 0) is 47.9 Å². The molecule has 1 aromatic carbocycles. The van der Waals surface area contributed by atoms with Crippen LogP contribution in [-0.4, -0.2) is 45.5 Å². The summed E-state index contributed by atoms with van der Waals surface area (Å²) in [6.07, 6.45) is 1.90. The second-order valence-corrected chi connectivity index (χ2v) is 8.08. The molecule has 0 amide bonds. The molecule has 1 rings (SSSR count). The van der Waals surface area contributed by atoms with Crippen LogP contribution in [0.5, 0.6) is 5.75 Å². The van der Waals surface area contributed by atoms with Crippen LogP contribution in [0.3, 0.4) is 0 Å². The second kappa shape index (κ2) is 10.8. The molecule has 0 saturated heterocycles. The minimum atomic E-state index is -3.91. The molecular formula is C14H23NO5S2. The van der Waals surface area contributed by atoms with Crippen molar-refractivity contribution >= 4 is 19.9 Å². The summed E-state index contributed by atoms with van der Waals surface area (Å²) in [6.45, 7) is 2.63. The van der Waals surface area contributed by atoms with Crippen LogP contribution < -0.4 is 10.1 Å². The number of nitrogens with one attached hydrogen (secondary N) is 1. The number of benzene rings is 1. The van der Waals surface area contributed by atoms with E-state index in [1.54, 1.807) is 7.11 Å². The Kier molecular flexibility index (Phi) is 9.49. The molecule has 1 aromatic rings. The third kappa shape index (κ3) is 10.0. The number of rotatable bonds is 12. The van der Waals surface area contributed by atoms with Crippen LogP contribution in [0.1, 0.15) is 18.4 Å². The van der Waals surface area contributed by atoms with Gasteiger partial charge in [-0.3, -0.25) is 4.55 Å². The Morgan fingerprint density at radius 2 is 1.91 bits per heavy atom. The maximum Gasteiger partial charge on any atom is 0.319 e. The Morgan fingerprint density at radius 3 is 2.55 bits per heavy atom. The molecule has 0 fully saturated rings. The quantitative estimate of drug-likeness (QED) is 0.340. The highest BCUT2D eigenvalue weighted by Gasteiger charge is 2.03. The van der Waals surface area contributed by atoms with Crippen molar-refractivity contribution in [3.05, 3.63) is 29.8 Å². The summed E-state index contributed by atoms with van der Waals surface area (Å²) in [5, 5.41) is 3.11. The smallest absolute Gasteiger partial charge is 0.319 e. The Bertz CT molecular complexity index is 504. The first-order valence-electron chi connectivity index (χ1n) is 7.04. The highest BCUT2D eigenvalue weighted by atomic mass is 33.1. The van der Waals surface area contributed by atoms with Crippen molar-refractivity contribution in [3.8, 4) is 5.75 Å². The zero-order valence-corrected chi connectivity index (χ0v) is 14.3. The van der Waals surface area contributed by atoms with E-state index in [1.165, 1.54) is 0 Å². The van der Waals surface area contributed by atoms with E-state index in [0.717, 1.165) is 30.7 Å². The maximum atomic E-state index is 10.5. The first-order chi connectivity index (χ1) is 10.5. The Labute approximate surface area is 135 Å². The van der Waals surface area contributed by atoms with E-state index >= 15 is 0 Å². The van der Waals surface area contributed by atoms with E-state index in [2.05, 4.69) is 5.32 Å². The highest BCUT2D eigenvalue weighted by molar-refractivity contribution is 8.69. The van der Waals surface area contributed by atoms with Gasteiger partial charge in [0.25, 0.3) is 0 Å². The van der Waals surface area contributed by atoms with Gasteiger partial charge in [0.2, 0.25) is 0 Å². The Hall–Kier alpha value is -0.800. The van der Waals surface area contributed by atoms with Crippen LogP contribution in [0.25, 0.3) is 0 Å². The van der Waals surface area contributed by atoms with E-state index < -0.39 is 9.15 Å². The van der Waals surface area contributed by atoms with Gasteiger partial charge in [-0.2, -0.15) is 8.42 Å². The molecule has 0 unspecified atom stereocenters. The van der Waals surface area contributed by atoms with Crippen molar-refractivity contribution in [2.75, 3.05) is 32.6 Å². The van der Waals surface area contributed by atoms with Gasteiger partial charge in [0.05, 0.1) is 13.7 Å². The molecule has 0 saturated carbocycles. The van der Waals surface area contributed by atoms with Gasteiger partial charge in [-0.1, -0.05) is 12.1 Å². The molecular weight excluding hydrogens is 326 g/mol. The molecule has 0 bridgehead atoms. The molecule has 126 valence electrons. The molecule has 0 heterocycles. The first kappa shape index (κ1) is 19.2. The third-order valence-corrected chi connectivity index (χ3v) is 4.89. The molecule has 0 aliphatic heterocycles. The first-order valence-corrected chi connectivity index (χ1v) is 9.99. The highest BCUT2D eigenvalue weighted by Crippen LogP contribution is 2.12. The summed E-state index contributed by atoms with van der Waals surface area (Å²) in [4.78, 5) is 0. The lowest BCUT2D eigenvalue weighted by Crippen LogP contribution is -2.19. The van der Waals surface area contributed by atoms with Crippen molar-refractivity contribution < 1.29 is 22.4 Å². The van der Waals surface area contributed by atoms with E-state index in [-0.39, 0.29) is 0 Å². The largest absolute Gasteiger partial charge is 0.497 e. The molecule has 22 heavy (non-hydrogen) atoms. The fourth-order valence-electron chi connectivity index (χ4n) is 1.71. The van der Waals surface area contributed by atoms with Crippen molar-refractivity contribution in [1.29, 1.82) is 0 Å². The van der Waals surface area contributed by atoms with Crippen molar-refractivity contribution in [3.63, 3.8) is 0 Å². The molecule has 8 heteroatoms. The van der Waals surface area contributed by atoms with Crippen molar-refractivity contribution in [2.45, 2.75) is 19.4 Å². The number of methoxy groups -OCH3 is 1. The van der Waals surface area contributed by atoms with E-state index in [9.17, 15) is 8.42 Å². The predicted octanol–water partition coefficient (Wildman–Crippen LogP) is 2.12. The van der Waals surface area contributed by atoms with Crippen LogP contribution in [0.2, 0.25) is 0 Å². The van der Waals surface area contributed by atoms with Crippen LogP contribution in [0, 0.1) is 0 Å². The van der Waals surface area contributed by atoms with Crippen molar-refractivity contribution in [2.24, 2.45) is 0 Å². The third-order valence-electron chi connectivity index (χ3n) is 2.83. The molecule has 2 N–H and O–H groups in total. The average Bonchev–Trinajstić information content (AvgIpc) is 2.48. The SMILES string of the molecule is COc1ccc(COCCCCNCCSS(=O)(=O)O)cc1. The van der Waals surface area contributed by atoms with Gasteiger partial charge in [-0.15, -0.1) is 0 Å². The van der Waals surface area contributed by atoms with Gasteiger partial charge in [0.1, 0.15) is 5.75 Å². The summed E-state index contributed by atoms with van der Waals surface area (Å²) < 4.78 is 40.1. The average molecular weight is 349 g/mol. The number of hydrogen-bond donors (Lipinski definition) is 2. The summed E-state index contributed by atoms with van der Waals surface area (Å²) in [5.41, 5.74) is 1.11. The van der Waals surface area contributed by atoms with Gasteiger partial charge in [0, 0.05) is 18.9 Å². The van der Waals surface area contributed by atoms with E-state index in [1.807, 2.05) is 24.3 Å². The number of ether oxygens (including phenoxy) is 2. The van der Waals surface area contributed by atoms with E-state index in [0.29, 0.717) is 36.3 Å².